The van der Waals surface area contributed by atoms with E-state index in [1.54, 1.807) is 0 Å². The maximum absolute atomic E-state index is 13.6. The molecule has 0 bridgehead atoms. The zero-order valence-corrected chi connectivity index (χ0v) is 10.3. The van der Waals surface area contributed by atoms with Crippen LogP contribution < -0.4 is 5.32 Å². The van der Waals surface area contributed by atoms with Crippen molar-refractivity contribution >= 4 is 17.6 Å². The Morgan fingerprint density at radius 3 is 2.60 bits per heavy atom. The molecule has 0 aliphatic carbocycles. The fourth-order valence-electron chi connectivity index (χ4n) is 1.35. The van der Waals surface area contributed by atoms with Crippen LogP contribution in [-0.4, -0.2) is 30.5 Å². The minimum atomic E-state index is -1.44. The van der Waals surface area contributed by atoms with Gasteiger partial charge in [-0.1, -0.05) is 0 Å². The Balaban J connectivity index is 2.88. The molecular formula is C11H10F2N2O5. The second-order valence-electron chi connectivity index (χ2n) is 3.63. The number of hydrogen-bond acceptors (Lipinski definition) is 5. The Morgan fingerprint density at radius 1 is 1.40 bits per heavy atom. The summed E-state index contributed by atoms with van der Waals surface area (Å²) in [5, 5.41) is 12.6. The highest BCUT2D eigenvalue weighted by atomic mass is 19.1. The number of benzene rings is 1. The largest absolute Gasteiger partial charge is 0.469 e. The number of esters is 1. The van der Waals surface area contributed by atoms with Crippen molar-refractivity contribution in [2.75, 3.05) is 13.7 Å². The Morgan fingerprint density at radius 2 is 2.05 bits per heavy atom. The van der Waals surface area contributed by atoms with Gasteiger partial charge in [-0.3, -0.25) is 19.7 Å². The number of nitrogens with one attached hydrogen (secondary N) is 1. The minimum Gasteiger partial charge on any atom is -0.469 e. The van der Waals surface area contributed by atoms with Crippen molar-refractivity contribution in [3.05, 3.63) is 39.4 Å². The molecule has 0 saturated carbocycles. The Bertz CT molecular complexity index is 562. The molecule has 108 valence electrons. The van der Waals surface area contributed by atoms with Crippen molar-refractivity contribution in [3.8, 4) is 0 Å². The molecule has 1 N–H and O–H groups in total. The van der Waals surface area contributed by atoms with Crippen LogP contribution in [0, 0.1) is 21.7 Å². The first kappa shape index (κ1) is 15.5. The van der Waals surface area contributed by atoms with Crippen LogP contribution in [0.25, 0.3) is 0 Å². The van der Waals surface area contributed by atoms with Gasteiger partial charge in [0.05, 0.1) is 30.1 Å². The van der Waals surface area contributed by atoms with Crippen LogP contribution in [0.5, 0.6) is 0 Å². The molecule has 1 aromatic rings. The lowest BCUT2D eigenvalue weighted by Crippen LogP contribution is -2.27. The van der Waals surface area contributed by atoms with Gasteiger partial charge in [-0.2, -0.15) is 4.39 Å². The number of nitrogens with zero attached hydrogens (tertiary/aromatic N) is 1. The standard InChI is InChI=1S/C11H10F2N2O5/c1-20-9(16)2-3-14-11(17)7-4-6(12)5-8(10(7)13)15(18)19/h4-5H,2-3H2,1H3,(H,14,17). The summed E-state index contributed by atoms with van der Waals surface area (Å²) in [5.41, 5.74) is -1.94. The highest BCUT2D eigenvalue weighted by Gasteiger charge is 2.24. The van der Waals surface area contributed by atoms with E-state index in [4.69, 9.17) is 0 Å². The molecule has 0 fully saturated rings. The second kappa shape index (κ2) is 6.55. The molecule has 20 heavy (non-hydrogen) atoms. The quantitative estimate of drug-likeness (QED) is 0.498. The van der Waals surface area contributed by atoms with E-state index in [0.29, 0.717) is 12.1 Å². The first-order valence-corrected chi connectivity index (χ1v) is 5.35. The maximum Gasteiger partial charge on any atom is 0.308 e. The summed E-state index contributed by atoms with van der Waals surface area (Å²) in [6.07, 6.45) is -0.165. The molecule has 0 heterocycles. The van der Waals surface area contributed by atoms with E-state index >= 15 is 0 Å². The van der Waals surface area contributed by atoms with E-state index in [-0.39, 0.29) is 13.0 Å². The van der Waals surface area contributed by atoms with Crippen LogP contribution in [0.3, 0.4) is 0 Å². The van der Waals surface area contributed by atoms with Crippen molar-refractivity contribution in [1.82, 2.24) is 5.32 Å². The van der Waals surface area contributed by atoms with Gasteiger partial charge in [-0.25, -0.2) is 4.39 Å². The molecule has 7 nitrogen and oxygen atoms in total. The molecule has 1 aromatic carbocycles. The fraction of sp³-hybridized carbons (Fsp3) is 0.273. The van der Waals surface area contributed by atoms with Gasteiger partial charge in [0.25, 0.3) is 5.91 Å². The molecule has 0 spiro atoms. The van der Waals surface area contributed by atoms with Crippen molar-refractivity contribution in [2.45, 2.75) is 6.42 Å². The SMILES string of the molecule is COC(=O)CCNC(=O)c1cc(F)cc([N+](=O)[O-])c1F. The Kier molecular flexibility index (Phi) is 5.07. The average molecular weight is 288 g/mol. The highest BCUT2D eigenvalue weighted by Crippen LogP contribution is 2.22. The first-order chi connectivity index (χ1) is 9.36. The van der Waals surface area contributed by atoms with Crippen molar-refractivity contribution < 1.29 is 28.0 Å². The van der Waals surface area contributed by atoms with Gasteiger partial charge in [0.2, 0.25) is 5.82 Å². The van der Waals surface area contributed by atoms with Gasteiger partial charge in [0.1, 0.15) is 5.82 Å². The van der Waals surface area contributed by atoms with E-state index in [1.165, 1.54) is 0 Å². The van der Waals surface area contributed by atoms with Crippen LogP contribution in [0.4, 0.5) is 14.5 Å². The number of hydrogen-bond donors (Lipinski definition) is 1. The molecule has 0 unspecified atom stereocenters. The lowest BCUT2D eigenvalue weighted by atomic mass is 10.1. The summed E-state index contributed by atoms with van der Waals surface area (Å²) in [6, 6.07) is 0.913. The van der Waals surface area contributed by atoms with E-state index in [9.17, 15) is 28.5 Å². The Labute approximate surface area is 111 Å². The van der Waals surface area contributed by atoms with E-state index in [1.807, 2.05) is 0 Å². The maximum atomic E-state index is 13.6. The third kappa shape index (κ3) is 3.70. The lowest BCUT2D eigenvalue weighted by molar-refractivity contribution is -0.387. The van der Waals surface area contributed by atoms with Gasteiger partial charge < -0.3 is 10.1 Å². The fourth-order valence-corrected chi connectivity index (χ4v) is 1.35. The number of methoxy groups -OCH3 is 1. The number of ether oxygens (including phenoxy) is 1. The number of nitro benzene ring substituents is 1. The topological polar surface area (TPSA) is 98.5 Å². The highest BCUT2D eigenvalue weighted by molar-refractivity contribution is 5.95. The normalized spacial score (nSPS) is 9.95. The zero-order chi connectivity index (χ0) is 15.3. The molecule has 0 atom stereocenters. The molecule has 1 rings (SSSR count). The van der Waals surface area contributed by atoms with Gasteiger partial charge >= 0.3 is 11.7 Å². The third-order valence-electron chi connectivity index (χ3n) is 2.30. The summed E-state index contributed by atoms with van der Waals surface area (Å²) in [4.78, 5) is 31.7. The monoisotopic (exact) mass is 288 g/mol. The third-order valence-corrected chi connectivity index (χ3v) is 2.30. The van der Waals surface area contributed by atoms with Crippen LogP contribution in [0.1, 0.15) is 16.8 Å². The molecule has 0 aromatic heterocycles. The number of rotatable bonds is 5. The van der Waals surface area contributed by atoms with Crippen LogP contribution in [0.2, 0.25) is 0 Å². The molecule has 0 aliphatic heterocycles. The molecular weight excluding hydrogens is 278 g/mol. The summed E-state index contributed by atoms with van der Waals surface area (Å²) in [7, 11) is 1.15. The number of carbonyl (C=O) groups is 2. The lowest BCUT2D eigenvalue weighted by Gasteiger charge is -2.06. The van der Waals surface area contributed by atoms with Gasteiger partial charge in [-0.15, -0.1) is 0 Å². The molecule has 9 heteroatoms. The summed E-state index contributed by atoms with van der Waals surface area (Å²) in [5.74, 6) is -4.21. The molecule has 0 aliphatic rings. The second-order valence-corrected chi connectivity index (χ2v) is 3.63. The van der Waals surface area contributed by atoms with Crippen molar-refractivity contribution in [2.24, 2.45) is 0 Å². The van der Waals surface area contributed by atoms with E-state index in [2.05, 4.69) is 10.1 Å². The number of nitro groups is 1. The molecule has 0 saturated heterocycles. The van der Waals surface area contributed by atoms with E-state index < -0.39 is 39.7 Å². The van der Waals surface area contributed by atoms with Crippen LogP contribution >= 0.6 is 0 Å². The molecule has 0 radical (unpaired) electrons. The predicted octanol–water partition coefficient (Wildman–Crippen LogP) is 1.17. The first-order valence-electron chi connectivity index (χ1n) is 5.35. The van der Waals surface area contributed by atoms with Gasteiger partial charge in [0, 0.05) is 6.54 Å². The summed E-state index contributed by atoms with van der Waals surface area (Å²) >= 11 is 0. The van der Waals surface area contributed by atoms with Crippen LogP contribution in [0.15, 0.2) is 12.1 Å². The number of amides is 1. The van der Waals surface area contributed by atoms with Gasteiger partial charge in [-0.05, 0) is 6.07 Å². The minimum absolute atomic E-state index is 0.165. The van der Waals surface area contributed by atoms with Crippen LogP contribution in [-0.2, 0) is 9.53 Å². The summed E-state index contributed by atoms with van der Waals surface area (Å²) < 4.78 is 31.1. The summed E-state index contributed by atoms with van der Waals surface area (Å²) in [6.45, 7) is -0.171. The predicted molar refractivity (Wildman–Crippen MR) is 62.0 cm³/mol. The van der Waals surface area contributed by atoms with Crippen molar-refractivity contribution in [1.29, 1.82) is 0 Å². The molecule has 1 amide bonds. The zero-order valence-electron chi connectivity index (χ0n) is 10.3. The number of carbonyl (C=O) groups excluding carboxylic acids is 2. The number of halogens is 2. The van der Waals surface area contributed by atoms with Gasteiger partial charge in [0.15, 0.2) is 0 Å². The Hall–Kier alpha value is -2.58. The smallest absolute Gasteiger partial charge is 0.308 e. The average Bonchev–Trinajstić information content (AvgIpc) is 2.40. The van der Waals surface area contributed by atoms with Crippen molar-refractivity contribution in [3.63, 3.8) is 0 Å². The van der Waals surface area contributed by atoms with E-state index in [0.717, 1.165) is 7.11 Å².